The highest BCUT2D eigenvalue weighted by atomic mass is 127. The number of anilines is 1. The zero-order valence-corrected chi connectivity index (χ0v) is 17.1. The fourth-order valence-corrected chi connectivity index (χ4v) is 5.15. The number of nitrogens with zero attached hydrogens (tertiary/aromatic N) is 4. The molecule has 0 bridgehead atoms. The normalized spacial score (nSPS) is 31.1. The molecule has 0 aliphatic heterocycles. The molecule has 1 aromatic carbocycles. The van der Waals surface area contributed by atoms with Crippen molar-refractivity contribution >= 4 is 39.6 Å². The zero-order valence-electron chi connectivity index (χ0n) is 14.9. The molecule has 9 heteroatoms. The summed E-state index contributed by atoms with van der Waals surface area (Å²) < 4.78 is 2.98. The lowest BCUT2D eigenvalue weighted by Crippen LogP contribution is -2.35. The molecule has 2 heterocycles. The Morgan fingerprint density at radius 3 is 2.79 bits per heavy atom. The molecule has 0 unspecified atom stereocenters. The smallest absolute Gasteiger partial charge is 0.165 e. The highest BCUT2D eigenvalue weighted by Gasteiger charge is 2.71. The predicted molar refractivity (Wildman–Crippen MR) is 110 cm³/mol. The molecule has 146 valence electrons. The van der Waals surface area contributed by atoms with E-state index in [1.807, 2.05) is 16.7 Å². The number of aromatic nitrogens is 4. The Bertz CT molecular complexity index is 1040. The van der Waals surface area contributed by atoms with Gasteiger partial charge in [0.1, 0.15) is 17.9 Å². The van der Waals surface area contributed by atoms with Crippen LogP contribution < -0.4 is 5.32 Å². The van der Waals surface area contributed by atoms with E-state index in [4.69, 9.17) is 0 Å². The van der Waals surface area contributed by atoms with Crippen molar-refractivity contribution in [3.8, 4) is 0 Å². The quantitative estimate of drug-likeness (QED) is 0.397. The summed E-state index contributed by atoms with van der Waals surface area (Å²) in [5.74, 6) is 0.637. The van der Waals surface area contributed by atoms with Gasteiger partial charge < -0.3 is 25.2 Å². The van der Waals surface area contributed by atoms with E-state index in [1.54, 1.807) is 6.33 Å². The van der Waals surface area contributed by atoms with Gasteiger partial charge in [-0.25, -0.2) is 15.0 Å². The third-order valence-corrected chi connectivity index (χ3v) is 7.28. The molecule has 0 saturated heterocycles. The summed E-state index contributed by atoms with van der Waals surface area (Å²) in [6.07, 6.45) is 1.91. The third-order valence-electron chi connectivity index (χ3n) is 6.23. The van der Waals surface area contributed by atoms with Gasteiger partial charge in [-0.05, 0) is 46.6 Å². The Labute approximate surface area is 174 Å². The lowest BCUT2D eigenvalue weighted by Gasteiger charge is -2.23. The maximum Gasteiger partial charge on any atom is 0.165 e. The summed E-state index contributed by atoms with van der Waals surface area (Å²) in [7, 11) is 0. The molecule has 3 aromatic rings. The van der Waals surface area contributed by atoms with Crippen molar-refractivity contribution in [2.75, 3.05) is 11.9 Å². The second kappa shape index (κ2) is 6.61. The average Bonchev–Trinajstić information content (AvgIpc) is 3.22. The van der Waals surface area contributed by atoms with E-state index >= 15 is 0 Å². The number of hydrogen-bond donors (Lipinski definition) is 4. The second-order valence-electron chi connectivity index (χ2n) is 7.62. The summed E-state index contributed by atoms with van der Waals surface area (Å²) in [5.41, 5.74) is 1.79. The van der Waals surface area contributed by atoms with Gasteiger partial charge in [-0.15, -0.1) is 0 Å². The number of fused-ring (bicyclic) bond motifs is 2. The SMILES string of the molecule is OC[C@@]12C[C@@H]1[C@@H](n1cnc3c(NCc4ccccc4I)ncnc31)[C@H](O)[C@@H]2O. The first kappa shape index (κ1) is 18.2. The molecule has 2 fully saturated rings. The molecule has 0 spiro atoms. The molecule has 0 radical (unpaired) electrons. The van der Waals surface area contributed by atoms with Gasteiger partial charge in [-0.1, -0.05) is 18.2 Å². The fraction of sp³-hybridized carbons (Fsp3) is 0.421. The number of rotatable bonds is 5. The van der Waals surface area contributed by atoms with Crippen LogP contribution >= 0.6 is 22.6 Å². The summed E-state index contributed by atoms with van der Waals surface area (Å²) >= 11 is 2.30. The van der Waals surface area contributed by atoms with Crippen molar-refractivity contribution in [2.24, 2.45) is 11.3 Å². The zero-order chi connectivity index (χ0) is 19.5. The maximum atomic E-state index is 10.6. The topological polar surface area (TPSA) is 116 Å². The van der Waals surface area contributed by atoms with Crippen molar-refractivity contribution < 1.29 is 15.3 Å². The van der Waals surface area contributed by atoms with Crippen molar-refractivity contribution in [1.29, 1.82) is 0 Å². The molecular formula is C19H20IN5O3. The largest absolute Gasteiger partial charge is 0.396 e. The minimum Gasteiger partial charge on any atom is -0.396 e. The van der Waals surface area contributed by atoms with E-state index in [0.29, 0.717) is 29.9 Å². The van der Waals surface area contributed by atoms with Gasteiger partial charge in [0.05, 0.1) is 25.1 Å². The predicted octanol–water partition coefficient (Wildman–Crippen LogP) is 1.32. The highest BCUT2D eigenvalue weighted by molar-refractivity contribution is 14.1. The van der Waals surface area contributed by atoms with Gasteiger partial charge in [0.15, 0.2) is 11.5 Å². The van der Waals surface area contributed by atoms with E-state index in [0.717, 1.165) is 5.56 Å². The molecule has 2 aliphatic carbocycles. The molecule has 4 N–H and O–H groups in total. The van der Waals surface area contributed by atoms with Gasteiger partial charge in [0, 0.05) is 15.5 Å². The number of nitrogens with one attached hydrogen (secondary N) is 1. The first-order valence-electron chi connectivity index (χ1n) is 9.18. The molecule has 5 atom stereocenters. The van der Waals surface area contributed by atoms with Crippen LogP contribution in [0.5, 0.6) is 0 Å². The van der Waals surface area contributed by atoms with Crippen molar-refractivity contribution in [1.82, 2.24) is 19.5 Å². The van der Waals surface area contributed by atoms with Crippen LogP contribution in [0.15, 0.2) is 36.9 Å². The van der Waals surface area contributed by atoms with E-state index in [2.05, 4.69) is 55.0 Å². The molecule has 2 aromatic heterocycles. The van der Waals surface area contributed by atoms with Crippen LogP contribution in [0.4, 0.5) is 5.82 Å². The van der Waals surface area contributed by atoms with Crippen LogP contribution in [0.25, 0.3) is 11.2 Å². The molecule has 0 amide bonds. The molecule has 2 saturated carbocycles. The standard InChI is InChI=1S/C19H20IN5O3/c20-12-4-2-1-3-10(12)6-21-17-13-18(23-8-22-17)25(9-24-13)14-11-5-19(11,7-26)16(28)15(14)27/h1-4,8-9,11,14-16,26-28H,5-7H2,(H,21,22,23)/t11-,14-,15+,16+,19+/m1/s1. The minimum absolute atomic E-state index is 0.0113. The lowest BCUT2D eigenvalue weighted by atomic mass is 10.0. The monoisotopic (exact) mass is 493 g/mol. The van der Waals surface area contributed by atoms with Crippen LogP contribution in [-0.2, 0) is 6.54 Å². The van der Waals surface area contributed by atoms with Gasteiger partial charge in [0.2, 0.25) is 0 Å². The van der Waals surface area contributed by atoms with Gasteiger partial charge in [-0.3, -0.25) is 0 Å². The highest BCUT2D eigenvalue weighted by Crippen LogP contribution is 2.67. The van der Waals surface area contributed by atoms with Crippen molar-refractivity contribution in [3.63, 3.8) is 0 Å². The summed E-state index contributed by atoms with van der Waals surface area (Å²) in [5, 5.41) is 34.0. The van der Waals surface area contributed by atoms with Gasteiger partial charge >= 0.3 is 0 Å². The number of benzene rings is 1. The fourth-order valence-electron chi connectivity index (χ4n) is 4.57. The first-order chi connectivity index (χ1) is 13.6. The first-order valence-corrected chi connectivity index (χ1v) is 10.3. The molecular weight excluding hydrogens is 473 g/mol. The Balaban J connectivity index is 1.46. The number of aliphatic hydroxyl groups excluding tert-OH is 3. The third kappa shape index (κ3) is 2.56. The van der Waals surface area contributed by atoms with Gasteiger partial charge in [-0.2, -0.15) is 0 Å². The second-order valence-corrected chi connectivity index (χ2v) is 8.78. The summed E-state index contributed by atoms with van der Waals surface area (Å²) in [6.45, 7) is 0.482. The van der Waals surface area contributed by atoms with E-state index < -0.39 is 17.6 Å². The Morgan fingerprint density at radius 2 is 2.04 bits per heavy atom. The molecule has 8 nitrogen and oxygen atoms in total. The lowest BCUT2D eigenvalue weighted by molar-refractivity contribution is -0.0300. The average molecular weight is 493 g/mol. The Kier molecular flexibility index (Phi) is 4.30. The summed E-state index contributed by atoms with van der Waals surface area (Å²) in [4.78, 5) is 13.2. The van der Waals surface area contributed by atoms with Crippen LogP contribution in [0.2, 0.25) is 0 Å². The Morgan fingerprint density at radius 1 is 1.21 bits per heavy atom. The minimum atomic E-state index is -0.958. The van der Waals surface area contributed by atoms with E-state index in [9.17, 15) is 15.3 Å². The number of aliphatic hydroxyl groups is 3. The van der Waals surface area contributed by atoms with Crippen LogP contribution in [-0.4, -0.2) is 53.7 Å². The number of halogens is 1. The molecule has 28 heavy (non-hydrogen) atoms. The number of hydrogen-bond acceptors (Lipinski definition) is 7. The van der Waals surface area contributed by atoms with Crippen LogP contribution in [0, 0.1) is 14.9 Å². The number of imidazole rings is 1. The van der Waals surface area contributed by atoms with Gasteiger partial charge in [0.25, 0.3) is 0 Å². The van der Waals surface area contributed by atoms with Crippen molar-refractivity contribution in [3.05, 3.63) is 46.1 Å². The van der Waals surface area contributed by atoms with Crippen molar-refractivity contribution in [2.45, 2.75) is 31.2 Å². The van der Waals surface area contributed by atoms with Crippen LogP contribution in [0.3, 0.4) is 0 Å². The molecule has 2 aliphatic rings. The molecule has 5 rings (SSSR count). The Hall–Kier alpha value is -1.82. The van der Waals surface area contributed by atoms with Crippen LogP contribution in [0.1, 0.15) is 18.0 Å². The van der Waals surface area contributed by atoms with E-state index in [1.165, 1.54) is 9.90 Å². The summed E-state index contributed by atoms with van der Waals surface area (Å²) in [6, 6.07) is 7.76. The maximum absolute atomic E-state index is 10.6. The van der Waals surface area contributed by atoms with E-state index in [-0.39, 0.29) is 18.6 Å².